The van der Waals surface area contributed by atoms with Crippen molar-refractivity contribution in [2.45, 2.75) is 18.6 Å². The number of ether oxygens (including phenoxy) is 1. The molecule has 0 saturated heterocycles. The molecule has 1 aromatic carbocycles. The molecule has 0 spiro atoms. The number of rotatable bonds is 6. The number of carboxylic acids is 1. The topological polar surface area (TPSA) is 104 Å². The molecule has 0 bridgehead atoms. The van der Waals surface area contributed by atoms with Gasteiger partial charge in [0.05, 0.1) is 25.2 Å². The third-order valence-corrected chi connectivity index (χ3v) is 2.47. The molecule has 0 aliphatic rings. The van der Waals surface area contributed by atoms with E-state index in [0.29, 0.717) is 12.0 Å². The zero-order valence-corrected chi connectivity index (χ0v) is 9.74. The number of hydrogen-bond acceptors (Lipinski definition) is 5. The Labute approximate surface area is 103 Å². The summed E-state index contributed by atoms with van der Waals surface area (Å²) in [6, 6.07) is 4.28. The number of aldehydes is 1. The molecule has 0 amide bonds. The minimum Gasteiger partial charge on any atom is -0.496 e. The molecule has 6 nitrogen and oxygen atoms in total. The van der Waals surface area contributed by atoms with Gasteiger partial charge in [-0.05, 0) is 17.7 Å². The fourth-order valence-electron chi connectivity index (χ4n) is 1.54. The normalized spacial score (nSPS) is 13.7. The number of hydrogen-bond donors (Lipinski definition) is 3. The maximum atomic E-state index is 10.8. The van der Waals surface area contributed by atoms with Gasteiger partial charge in [-0.3, -0.25) is 9.59 Å². The number of carbonyl (C=O) groups is 2. The van der Waals surface area contributed by atoms with Crippen molar-refractivity contribution in [1.29, 1.82) is 0 Å². The molecular weight excluding hydrogens is 240 g/mol. The van der Waals surface area contributed by atoms with Gasteiger partial charge in [0.15, 0.2) is 6.29 Å². The average Bonchev–Trinajstić information content (AvgIpc) is 2.36. The largest absolute Gasteiger partial charge is 0.496 e. The Kier molecular flexibility index (Phi) is 4.82. The van der Waals surface area contributed by atoms with Crippen LogP contribution in [0.5, 0.6) is 5.75 Å². The van der Waals surface area contributed by atoms with E-state index < -0.39 is 24.6 Å². The lowest BCUT2D eigenvalue weighted by atomic mass is 10.00. The molecule has 0 aliphatic carbocycles. The van der Waals surface area contributed by atoms with Gasteiger partial charge in [-0.1, -0.05) is 6.07 Å². The van der Waals surface area contributed by atoms with Crippen LogP contribution in [0.4, 0.5) is 0 Å². The van der Waals surface area contributed by atoms with Gasteiger partial charge in [0, 0.05) is 0 Å². The Morgan fingerprint density at radius 1 is 1.44 bits per heavy atom. The molecule has 0 heterocycles. The quantitative estimate of drug-likeness (QED) is 0.634. The highest BCUT2D eigenvalue weighted by Gasteiger charge is 2.22. The highest BCUT2D eigenvalue weighted by atomic mass is 16.5. The number of carboxylic acid groups (broad SMARTS) is 1. The predicted octanol–water partition coefficient (Wildman–Crippen LogP) is 0.377. The number of aliphatic hydroxyl groups excluding tert-OH is 2. The van der Waals surface area contributed by atoms with E-state index in [0.717, 1.165) is 0 Å². The highest BCUT2D eigenvalue weighted by Crippen LogP contribution is 2.24. The molecule has 0 saturated carbocycles. The summed E-state index contributed by atoms with van der Waals surface area (Å²) in [5, 5.41) is 27.7. The molecule has 2 unspecified atom stereocenters. The summed E-state index contributed by atoms with van der Waals surface area (Å²) < 4.78 is 4.93. The molecule has 6 heteroatoms. The van der Waals surface area contributed by atoms with Crippen LogP contribution in [-0.4, -0.2) is 40.8 Å². The first-order valence-corrected chi connectivity index (χ1v) is 5.20. The summed E-state index contributed by atoms with van der Waals surface area (Å²) in [4.78, 5) is 21.2. The lowest BCUT2D eigenvalue weighted by Crippen LogP contribution is -2.21. The number of aliphatic carboxylic acids is 1. The average molecular weight is 254 g/mol. The van der Waals surface area contributed by atoms with E-state index in [2.05, 4.69) is 0 Å². The fourth-order valence-corrected chi connectivity index (χ4v) is 1.54. The van der Waals surface area contributed by atoms with Crippen LogP contribution in [0.15, 0.2) is 18.2 Å². The van der Waals surface area contributed by atoms with Gasteiger partial charge in [-0.25, -0.2) is 0 Å². The van der Waals surface area contributed by atoms with E-state index >= 15 is 0 Å². The van der Waals surface area contributed by atoms with Crippen LogP contribution in [0.3, 0.4) is 0 Å². The molecule has 0 aromatic heterocycles. The summed E-state index contributed by atoms with van der Waals surface area (Å²) in [6.07, 6.45) is -2.83. The van der Waals surface area contributed by atoms with Gasteiger partial charge in [-0.2, -0.15) is 0 Å². The molecule has 1 rings (SSSR count). The van der Waals surface area contributed by atoms with E-state index in [-0.39, 0.29) is 11.1 Å². The number of benzene rings is 1. The maximum absolute atomic E-state index is 10.8. The highest BCUT2D eigenvalue weighted by molar-refractivity contribution is 5.79. The summed E-state index contributed by atoms with van der Waals surface area (Å²) in [6.45, 7) is 0. The summed E-state index contributed by atoms with van der Waals surface area (Å²) >= 11 is 0. The molecule has 0 aliphatic heterocycles. The standard InChI is InChI=1S/C12H14O6/c1-18-10-3-2-7(4-8(10)6-13)12(17)9(14)5-11(15)16/h2-4,6,9,12,14,17H,5H2,1H3,(H,15,16). The molecule has 0 fully saturated rings. The van der Waals surface area contributed by atoms with Gasteiger partial charge in [0.2, 0.25) is 0 Å². The molecule has 0 radical (unpaired) electrons. The van der Waals surface area contributed by atoms with Crippen LogP contribution >= 0.6 is 0 Å². The Balaban J connectivity index is 2.95. The Morgan fingerprint density at radius 2 is 2.11 bits per heavy atom. The monoisotopic (exact) mass is 254 g/mol. The number of carbonyl (C=O) groups excluding carboxylic acids is 1. The Bertz CT molecular complexity index is 442. The van der Waals surface area contributed by atoms with E-state index in [1.807, 2.05) is 0 Å². The van der Waals surface area contributed by atoms with Crippen LogP contribution in [0.25, 0.3) is 0 Å². The van der Waals surface area contributed by atoms with Gasteiger partial charge in [0.1, 0.15) is 11.9 Å². The van der Waals surface area contributed by atoms with Crippen molar-refractivity contribution in [3.05, 3.63) is 29.3 Å². The van der Waals surface area contributed by atoms with Crippen LogP contribution < -0.4 is 4.74 Å². The minimum atomic E-state index is -1.43. The third-order valence-electron chi connectivity index (χ3n) is 2.47. The first-order valence-electron chi connectivity index (χ1n) is 5.20. The molecular formula is C12H14O6. The van der Waals surface area contributed by atoms with Crippen molar-refractivity contribution in [2.24, 2.45) is 0 Å². The van der Waals surface area contributed by atoms with E-state index in [1.54, 1.807) is 0 Å². The van der Waals surface area contributed by atoms with Crippen LogP contribution in [0.2, 0.25) is 0 Å². The SMILES string of the molecule is COc1ccc(C(O)C(O)CC(=O)O)cc1C=O. The lowest BCUT2D eigenvalue weighted by Gasteiger charge is -2.17. The van der Waals surface area contributed by atoms with Gasteiger partial charge < -0.3 is 20.1 Å². The van der Waals surface area contributed by atoms with Crippen LogP contribution in [0.1, 0.15) is 28.4 Å². The molecule has 1 aromatic rings. The minimum absolute atomic E-state index is 0.219. The van der Waals surface area contributed by atoms with Crippen LogP contribution in [-0.2, 0) is 4.79 Å². The second-order valence-electron chi connectivity index (χ2n) is 3.73. The molecule has 2 atom stereocenters. The van der Waals surface area contributed by atoms with Crippen molar-refractivity contribution >= 4 is 12.3 Å². The van der Waals surface area contributed by atoms with Gasteiger partial charge in [0.25, 0.3) is 0 Å². The van der Waals surface area contributed by atoms with Crippen LogP contribution in [0, 0.1) is 0 Å². The summed E-state index contributed by atoms with van der Waals surface area (Å²) in [5.74, 6) is -0.876. The van der Waals surface area contributed by atoms with Crippen molar-refractivity contribution in [1.82, 2.24) is 0 Å². The number of aliphatic hydroxyl groups is 2. The van der Waals surface area contributed by atoms with E-state index in [1.165, 1.54) is 25.3 Å². The second-order valence-corrected chi connectivity index (χ2v) is 3.73. The predicted molar refractivity (Wildman–Crippen MR) is 61.6 cm³/mol. The summed E-state index contributed by atoms with van der Waals surface area (Å²) in [5.41, 5.74) is 0.475. The molecule has 98 valence electrons. The first kappa shape index (κ1) is 14.1. The fraction of sp³-hybridized carbons (Fsp3) is 0.333. The van der Waals surface area contributed by atoms with Gasteiger partial charge in [-0.15, -0.1) is 0 Å². The van der Waals surface area contributed by atoms with Gasteiger partial charge >= 0.3 is 5.97 Å². The van der Waals surface area contributed by atoms with Crippen molar-refractivity contribution < 1.29 is 29.6 Å². The molecule has 3 N–H and O–H groups in total. The Morgan fingerprint density at radius 3 is 2.61 bits per heavy atom. The maximum Gasteiger partial charge on any atom is 0.306 e. The zero-order chi connectivity index (χ0) is 13.7. The first-order chi connectivity index (χ1) is 8.49. The zero-order valence-electron chi connectivity index (χ0n) is 9.74. The lowest BCUT2D eigenvalue weighted by molar-refractivity contribution is -0.141. The van der Waals surface area contributed by atoms with Crippen molar-refractivity contribution in [2.75, 3.05) is 7.11 Å². The van der Waals surface area contributed by atoms with Crippen molar-refractivity contribution in [3.8, 4) is 5.75 Å². The Hall–Kier alpha value is -1.92. The smallest absolute Gasteiger partial charge is 0.306 e. The van der Waals surface area contributed by atoms with E-state index in [4.69, 9.17) is 9.84 Å². The second kappa shape index (κ2) is 6.13. The third kappa shape index (κ3) is 3.28. The number of methoxy groups -OCH3 is 1. The molecule has 18 heavy (non-hydrogen) atoms. The summed E-state index contributed by atoms with van der Waals surface area (Å²) in [7, 11) is 1.40. The van der Waals surface area contributed by atoms with E-state index in [9.17, 15) is 19.8 Å². The van der Waals surface area contributed by atoms with Crippen molar-refractivity contribution in [3.63, 3.8) is 0 Å².